The number of rotatable bonds is 4. The van der Waals surface area contributed by atoms with Gasteiger partial charge in [-0.25, -0.2) is 0 Å². The first-order valence-electron chi connectivity index (χ1n) is 10.1. The third-order valence-corrected chi connectivity index (χ3v) is 5.67. The summed E-state index contributed by atoms with van der Waals surface area (Å²) in [5, 5.41) is 0. The molecule has 0 aliphatic rings. The Bertz CT molecular complexity index is 1140. The second kappa shape index (κ2) is 7.97. The average Bonchev–Trinajstić information content (AvgIpc) is 2.76. The highest BCUT2D eigenvalue weighted by Gasteiger charge is 2.21. The average molecular weight is 379 g/mol. The lowest BCUT2D eigenvalue weighted by molar-refractivity contribution is 0.471. The van der Waals surface area contributed by atoms with Crippen LogP contribution in [0.1, 0.15) is 22.3 Å². The molecule has 0 aliphatic carbocycles. The number of ether oxygens (including phenoxy) is 1. The van der Waals surface area contributed by atoms with Crippen LogP contribution in [0.25, 0.3) is 22.3 Å². The fourth-order valence-electron chi connectivity index (χ4n) is 3.99. The summed E-state index contributed by atoms with van der Waals surface area (Å²) in [6.07, 6.45) is 0. The van der Waals surface area contributed by atoms with E-state index < -0.39 is 0 Å². The number of aryl methyl sites for hydroxylation is 1. The summed E-state index contributed by atoms with van der Waals surface area (Å²) < 4.78 is 6.50. The van der Waals surface area contributed by atoms with Crippen molar-refractivity contribution in [3.05, 3.63) is 107 Å². The topological polar surface area (TPSA) is 9.23 Å². The molecule has 0 aromatic heterocycles. The van der Waals surface area contributed by atoms with E-state index in [1.54, 1.807) is 0 Å². The van der Waals surface area contributed by atoms with E-state index in [1.165, 1.54) is 38.9 Å². The van der Waals surface area contributed by atoms with Crippen molar-refractivity contribution in [2.75, 3.05) is 0 Å². The van der Waals surface area contributed by atoms with Gasteiger partial charge in [0.2, 0.25) is 0 Å². The molecule has 0 aliphatic heterocycles. The van der Waals surface area contributed by atoms with Crippen molar-refractivity contribution < 1.29 is 4.74 Å². The summed E-state index contributed by atoms with van der Waals surface area (Å²) in [6.45, 7) is 8.63. The summed E-state index contributed by atoms with van der Waals surface area (Å²) in [4.78, 5) is 0. The second-order valence-corrected chi connectivity index (χ2v) is 7.55. The Morgan fingerprint density at radius 2 is 0.966 bits per heavy atom. The summed E-state index contributed by atoms with van der Waals surface area (Å²) in [7, 11) is 0. The highest BCUT2D eigenvalue weighted by atomic mass is 16.5. The van der Waals surface area contributed by atoms with Gasteiger partial charge in [-0.1, -0.05) is 78.9 Å². The molecule has 29 heavy (non-hydrogen) atoms. The SMILES string of the molecule is Cc1ccccc1Oc1c(C)c(C)c(-c2ccccc2)c(-c2ccccc2)c1C. The Balaban J connectivity index is 2.01. The van der Waals surface area contributed by atoms with Crippen molar-refractivity contribution in [1.29, 1.82) is 0 Å². The zero-order chi connectivity index (χ0) is 20.4. The van der Waals surface area contributed by atoms with E-state index in [-0.39, 0.29) is 0 Å². The molecule has 0 heterocycles. The van der Waals surface area contributed by atoms with Crippen molar-refractivity contribution in [3.8, 4) is 33.8 Å². The van der Waals surface area contributed by atoms with Crippen LogP contribution in [0.4, 0.5) is 0 Å². The molecular weight excluding hydrogens is 352 g/mol. The van der Waals surface area contributed by atoms with E-state index in [0.29, 0.717) is 0 Å². The molecule has 4 aromatic rings. The molecular formula is C28H26O. The summed E-state index contributed by atoms with van der Waals surface area (Å²) in [6, 6.07) is 29.5. The fourth-order valence-corrected chi connectivity index (χ4v) is 3.99. The lowest BCUT2D eigenvalue weighted by atomic mass is 9.85. The second-order valence-electron chi connectivity index (χ2n) is 7.55. The minimum absolute atomic E-state index is 0.907. The molecule has 0 N–H and O–H groups in total. The monoisotopic (exact) mass is 378 g/mol. The van der Waals surface area contributed by atoms with E-state index in [0.717, 1.165) is 17.1 Å². The van der Waals surface area contributed by atoms with Crippen molar-refractivity contribution in [3.63, 3.8) is 0 Å². The summed E-state index contributed by atoms with van der Waals surface area (Å²) >= 11 is 0. The van der Waals surface area contributed by atoms with Crippen molar-refractivity contribution in [2.24, 2.45) is 0 Å². The summed E-state index contributed by atoms with van der Waals surface area (Å²) in [5.41, 5.74) is 9.71. The maximum absolute atomic E-state index is 6.50. The Morgan fingerprint density at radius 1 is 0.483 bits per heavy atom. The number of hydrogen-bond acceptors (Lipinski definition) is 1. The van der Waals surface area contributed by atoms with Crippen molar-refractivity contribution >= 4 is 0 Å². The molecule has 1 heteroatoms. The van der Waals surface area contributed by atoms with Crippen LogP contribution in [0.15, 0.2) is 84.9 Å². The Morgan fingerprint density at radius 3 is 1.52 bits per heavy atom. The maximum atomic E-state index is 6.50. The quantitative estimate of drug-likeness (QED) is 0.349. The molecule has 144 valence electrons. The highest BCUT2D eigenvalue weighted by molar-refractivity contribution is 5.90. The minimum atomic E-state index is 0.907. The zero-order valence-electron chi connectivity index (χ0n) is 17.5. The van der Waals surface area contributed by atoms with E-state index in [9.17, 15) is 0 Å². The van der Waals surface area contributed by atoms with Crippen molar-refractivity contribution in [1.82, 2.24) is 0 Å². The van der Waals surface area contributed by atoms with Crippen LogP contribution >= 0.6 is 0 Å². The summed E-state index contributed by atoms with van der Waals surface area (Å²) in [5.74, 6) is 1.86. The van der Waals surface area contributed by atoms with E-state index in [2.05, 4.69) is 94.4 Å². The van der Waals surface area contributed by atoms with Gasteiger partial charge in [-0.2, -0.15) is 0 Å². The Hall–Kier alpha value is -3.32. The van der Waals surface area contributed by atoms with Gasteiger partial charge in [-0.3, -0.25) is 0 Å². The highest BCUT2D eigenvalue weighted by Crippen LogP contribution is 2.45. The van der Waals surface area contributed by atoms with Gasteiger partial charge >= 0.3 is 0 Å². The lowest BCUT2D eigenvalue weighted by Gasteiger charge is -2.23. The van der Waals surface area contributed by atoms with Gasteiger partial charge in [0.15, 0.2) is 0 Å². The molecule has 0 fully saturated rings. The van der Waals surface area contributed by atoms with Gasteiger partial charge in [0, 0.05) is 5.56 Å². The smallest absolute Gasteiger partial charge is 0.134 e. The van der Waals surface area contributed by atoms with Crippen molar-refractivity contribution in [2.45, 2.75) is 27.7 Å². The molecule has 0 amide bonds. The third kappa shape index (κ3) is 3.56. The first-order valence-corrected chi connectivity index (χ1v) is 10.1. The van der Waals surface area contributed by atoms with E-state index in [4.69, 9.17) is 4.74 Å². The normalized spacial score (nSPS) is 10.8. The molecule has 0 saturated heterocycles. The largest absolute Gasteiger partial charge is 0.457 e. The molecule has 4 rings (SSSR count). The van der Waals surface area contributed by atoms with Gasteiger partial charge in [0.25, 0.3) is 0 Å². The van der Waals surface area contributed by atoms with Gasteiger partial charge in [0.1, 0.15) is 11.5 Å². The van der Waals surface area contributed by atoms with E-state index in [1.807, 2.05) is 18.2 Å². The van der Waals surface area contributed by atoms with Crippen LogP contribution in [-0.4, -0.2) is 0 Å². The van der Waals surface area contributed by atoms with Crippen LogP contribution in [0, 0.1) is 27.7 Å². The molecule has 0 unspecified atom stereocenters. The van der Waals surface area contributed by atoms with Gasteiger partial charge in [0.05, 0.1) is 0 Å². The zero-order valence-corrected chi connectivity index (χ0v) is 17.5. The Labute approximate surface area is 173 Å². The maximum Gasteiger partial charge on any atom is 0.134 e. The molecule has 0 spiro atoms. The minimum Gasteiger partial charge on any atom is -0.457 e. The van der Waals surface area contributed by atoms with Crippen LogP contribution < -0.4 is 4.74 Å². The molecule has 4 aromatic carbocycles. The van der Waals surface area contributed by atoms with Crippen LogP contribution in [-0.2, 0) is 0 Å². The Kier molecular flexibility index (Phi) is 5.22. The predicted octanol–water partition coefficient (Wildman–Crippen LogP) is 8.05. The lowest BCUT2D eigenvalue weighted by Crippen LogP contribution is -2.01. The van der Waals surface area contributed by atoms with Crippen LogP contribution in [0.5, 0.6) is 11.5 Å². The molecule has 0 bridgehead atoms. The first-order chi connectivity index (χ1) is 14.1. The van der Waals surface area contributed by atoms with Gasteiger partial charge in [-0.05, 0) is 72.7 Å². The van der Waals surface area contributed by atoms with Gasteiger partial charge in [-0.15, -0.1) is 0 Å². The first kappa shape index (κ1) is 19.0. The molecule has 0 saturated carbocycles. The van der Waals surface area contributed by atoms with Crippen LogP contribution in [0.2, 0.25) is 0 Å². The fraction of sp³-hybridized carbons (Fsp3) is 0.143. The number of benzene rings is 4. The van der Waals surface area contributed by atoms with Crippen LogP contribution in [0.3, 0.4) is 0 Å². The number of para-hydroxylation sites is 1. The third-order valence-electron chi connectivity index (χ3n) is 5.67. The van der Waals surface area contributed by atoms with E-state index >= 15 is 0 Å². The predicted molar refractivity (Wildman–Crippen MR) is 123 cm³/mol. The number of hydrogen-bond donors (Lipinski definition) is 0. The van der Waals surface area contributed by atoms with Gasteiger partial charge < -0.3 is 4.74 Å². The molecule has 0 radical (unpaired) electrons. The molecule has 1 nitrogen and oxygen atoms in total. The molecule has 0 atom stereocenters. The standard InChI is InChI=1S/C28H26O/c1-19-13-11-12-18-25(19)29-28-21(3)20(2)26(23-14-7-5-8-15-23)27(22(28)4)24-16-9-6-10-17-24/h5-18H,1-4H3.